The second kappa shape index (κ2) is 5.47. The third kappa shape index (κ3) is 5.41. The lowest BCUT2D eigenvalue weighted by molar-refractivity contribution is -0.148. The van der Waals surface area contributed by atoms with Crippen LogP contribution in [0.1, 0.15) is 19.8 Å². The summed E-state index contributed by atoms with van der Waals surface area (Å²) in [5.41, 5.74) is 0. The van der Waals surface area contributed by atoms with E-state index >= 15 is 0 Å². The fraction of sp³-hybridized carbons (Fsp3) is 0.750. The number of carbonyl (C=O) groups excluding carboxylic acids is 1. The molecule has 0 rings (SSSR count). The van der Waals surface area contributed by atoms with E-state index < -0.39 is 24.9 Å². The molecule has 0 saturated carbocycles. The van der Waals surface area contributed by atoms with Gasteiger partial charge in [0.05, 0.1) is 12.5 Å². The first kappa shape index (κ1) is 12.8. The maximum absolute atomic E-state index is 11.7. The average molecular weight is 208 g/mol. The standard InChI is InChI=1S/C8H11F3N2O/c1-2-13(6-5-12)7(14)3-4-8(9,10)11/h2-4,6H2,1H3. The highest BCUT2D eigenvalue weighted by Crippen LogP contribution is 2.21. The van der Waals surface area contributed by atoms with Crippen LogP contribution in [0.4, 0.5) is 13.2 Å². The first-order valence-electron chi connectivity index (χ1n) is 4.12. The van der Waals surface area contributed by atoms with Crippen LogP contribution in [-0.4, -0.2) is 30.1 Å². The molecule has 0 aliphatic rings. The van der Waals surface area contributed by atoms with Crippen molar-refractivity contribution in [1.29, 1.82) is 5.26 Å². The summed E-state index contributed by atoms with van der Waals surface area (Å²) in [5.74, 6) is -0.633. The van der Waals surface area contributed by atoms with Crippen molar-refractivity contribution >= 4 is 5.91 Å². The van der Waals surface area contributed by atoms with Gasteiger partial charge in [0.1, 0.15) is 6.54 Å². The number of hydrogen-bond donors (Lipinski definition) is 0. The highest BCUT2D eigenvalue weighted by Gasteiger charge is 2.28. The van der Waals surface area contributed by atoms with E-state index in [1.807, 2.05) is 0 Å². The second-order valence-corrected chi connectivity index (χ2v) is 2.68. The summed E-state index contributed by atoms with van der Waals surface area (Å²) in [5, 5.41) is 8.28. The predicted octanol–water partition coefficient (Wildman–Crippen LogP) is 1.70. The number of nitrogens with zero attached hydrogens (tertiary/aromatic N) is 2. The van der Waals surface area contributed by atoms with Gasteiger partial charge in [-0.25, -0.2) is 0 Å². The summed E-state index contributed by atoms with van der Waals surface area (Å²) in [6.45, 7) is 1.71. The Hall–Kier alpha value is -1.25. The smallest absolute Gasteiger partial charge is 0.330 e. The summed E-state index contributed by atoms with van der Waals surface area (Å²) in [6.07, 6.45) is -6.03. The summed E-state index contributed by atoms with van der Waals surface area (Å²) in [4.78, 5) is 12.2. The Bertz CT molecular complexity index is 232. The van der Waals surface area contributed by atoms with Crippen LogP contribution >= 0.6 is 0 Å². The molecule has 0 heterocycles. The molecule has 0 aliphatic heterocycles. The molecule has 3 nitrogen and oxygen atoms in total. The number of rotatable bonds is 4. The Morgan fingerprint density at radius 3 is 2.43 bits per heavy atom. The van der Waals surface area contributed by atoms with Crippen LogP contribution in [0, 0.1) is 11.3 Å². The Morgan fingerprint density at radius 2 is 2.07 bits per heavy atom. The van der Waals surface area contributed by atoms with E-state index in [9.17, 15) is 18.0 Å². The van der Waals surface area contributed by atoms with Crippen LogP contribution in [-0.2, 0) is 4.79 Å². The summed E-state index contributed by atoms with van der Waals surface area (Å²) >= 11 is 0. The summed E-state index contributed by atoms with van der Waals surface area (Å²) < 4.78 is 35.2. The average Bonchev–Trinajstić information content (AvgIpc) is 2.09. The molecule has 0 saturated heterocycles. The molecule has 0 aromatic carbocycles. The molecular formula is C8H11F3N2O. The van der Waals surface area contributed by atoms with Gasteiger partial charge in [-0.15, -0.1) is 0 Å². The largest absolute Gasteiger partial charge is 0.389 e. The lowest BCUT2D eigenvalue weighted by atomic mass is 10.2. The van der Waals surface area contributed by atoms with Crippen LogP contribution in [0.3, 0.4) is 0 Å². The minimum Gasteiger partial charge on any atom is -0.330 e. The van der Waals surface area contributed by atoms with Crippen LogP contribution in [0.2, 0.25) is 0 Å². The van der Waals surface area contributed by atoms with Gasteiger partial charge >= 0.3 is 6.18 Å². The van der Waals surface area contributed by atoms with Crippen LogP contribution in [0.25, 0.3) is 0 Å². The van der Waals surface area contributed by atoms with Gasteiger partial charge in [0.15, 0.2) is 0 Å². The van der Waals surface area contributed by atoms with E-state index in [1.54, 1.807) is 13.0 Å². The SMILES string of the molecule is CCN(CC#N)C(=O)CCC(F)(F)F. The predicted molar refractivity (Wildman–Crippen MR) is 43.2 cm³/mol. The molecule has 0 aromatic heterocycles. The van der Waals surface area contributed by atoms with E-state index in [0.29, 0.717) is 0 Å². The fourth-order valence-corrected chi connectivity index (χ4v) is 0.868. The van der Waals surface area contributed by atoms with Gasteiger partial charge in [0.2, 0.25) is 5.91 Å². The van der Waals surface area contributed by atoms with Crippen LogP contribution in [0.5, 0.6) is 0 Å². The molecule has 80 valence electrons. The number of carbonyl (C=O) groups is 1. The Labute approximate surface area is 80.1 Å². The van der Waals surface area contributed by atoms with E-state index in [0.717, 1.165) is 4.90 Å². The van der Waals surface area contributed by atoms with Crippen LogP contribution in [0.15, 0.2) is 0 Å². The Morgan fingerprint density at radius 1 is 1.50 bits per heavy atom. The lowest BCUT2D eigenvalue weighted by Crippen LogP contribution is -2.31. The van der Waals surface area contributed by atoms with Gasteiger partial charge < -0.3 is 4.90 Å². The molecule has 6 heteroatoms. The number of halogens is 3. The molecule has 14 heavy (non-hydrogen) atoms. The minimum absolute atomic E-state index is 0.160. The molecule has 1 amide bonds. The fourth-order valence-electron chi connectivity index (χ4n) is 0.868. The molecule has 0 unspecified atom stereocenters. The van der Waals surface area contributed by atoms with E-state index in [1.165, 1.54) is 0 Å². The lowest BCUT2D eigenvalue weighted by Gasteiger charge is -2.17. The Balaban J connectivity index is 4.00. The van der Waals surface area contributed by atoms with Crippen molar-refractivity contribution in [3.8, 4) is 6.07 Å². The van der Waals surface area contributed by atoms with E-state index in [4.69, 9.17) is 5.26 Å². The van der Waals surface area contributed by atoms with Gasteiger partial charge in [0, 0.05) is 13.0 Å². The van der Waals surface area contributed by atoms with Crippen molar-refractivity contribution in [1.82, 2.24) is 4.90 Å². The molecular weight excluding hydrogens is 197 g/mol. The molecule has 0 spiro atoms. The van der Waals surface area contributed by atoms with Crippen molar-refractivity contribution in [2.45, 2.75) is 25.9 Å². The van der Waals surface area contributed by atoms with Gasteiger partial charge in [-0.3, -0.25) is 4.79 Å². The molecule has 0 N–H and O–H groups in total. The van der Waals surface area contributed by atoms with Gasteiger partial charge in [-0.2, -0.15) is 18.4 Å². The third-order valence-corrected chi connectivity index (χ3v) is 1.62. The zero-order chi connectivity index (χ0) is 11.2. The molecule has 0 aromatic rings. The number of amides is 1. The molecule has 0 fully saturated rings. The Kier molecular flexibility index (Phi) is 4.99. The van der Waals surface area contributed by atoms with Crippen molar-refractivity contribution in [3.63, 3.8) is 0 Å². The van der Waals surface area contributed by atoms with Gasteiger partial charge in [-0.05, 0) is 6.92 Å². The topological polar surface area (TPSA) is 44.1 Å². The van der Waals surface area contributed by atoms with E-state index in [-0.39, 0.29) is 13.1 Å². The van der Waals surface area contributed by atoms with Crippen molar-refractivity contribution in [2.75, 3.05) is 13.1 Å². The maximum Gasteiger partial charge on any atom is 0.389 e. The van der Waals surface area contributed by atoms with Gasteiger partial charge in [-0.1, -0.05) is 0 Å². The number of hydrogen-bond acceptors (Lipinski definition) is 2. The van der Waals surface area contributed by atoms with Crippen molar-refractivity contribution in [3.05, 3.63) is 0 Å². The van der Waals surface area contributed by atoms with E-state index in [2.05, 4.69) is 0 Å². The summed E-state index contributed by atoms with van der Waals surface area (Å²) in [6, 6.07) is 1.72. The minimum atomic E-state index is -4.32. The zero-order valence-electron chi connectivity index (χ0n) is 7.76. The molecule has 0 atom stereocenters. The molecule has 0 radical (unpaired) electrons. The number of alkyl halides is 3. The van der Waals surface area contributed by atoms with Gasteiger partial charge in [0.25, 0.3) is 0 Å². The zero-order valence-corrected chi connectivity index (χ0v) is 7.76. The monoisotopic (exact) mass is 208 g/mol. The first-order valence-corrected chi connectivity index (χ1v) is 4.12. The highest BCUT2D eigenvalue weighted by atomic mass is 19.4. The van der Waals surface area contributed by atoms with Crippen molar-refractivity contribution < 1.29 is 18.0 Å². The molecule has 0 aliphatic carbocycles. The number of nitriles is 1. The first-order chi connectivity index (χ1) is 6.40. The second-order valence-electron chi connectivity index (χ2n) is 2.68. The normalized spacial score (nSPS) is 10.8. The highest BCUT2D eigenvalue weighted by molar-refractivity contribution is 5.76. The quantitative estimate of drug-likeness (QED) is 0.660. The van der Waals surface area contributed by atoms with Crippen LogP contribution < -0.4 is 0 Å². The van der Waals surface area contributed by atoms with Crippen molar-refractivity contribution in [2.24, 2.45) is 0 Å². The molecule has 0 bridgehead atoms. The summed E-state index contributed by atoms with van der Waals surface area (Å²) in [7, 11) is 0. The maximum atomic E-state index is 11.7. The third-order valence-electron chi connectivity index (χ3n) is 1.62.